The third-order valence-electron chi connectivity index (χ3n) is 9.44. The van der Waals surface area contributed by atoms with Crippen LogP contribution in [0.25, 0.3) is 22.0 Å². The maximum atomic E-state index is 12.3. The van der Waals surface area contributed by atoms with Crippen LogP contribution in [-0.2, 0) is 9.53 Å². The first-order chi connectivity index (χ1) is 19.7. The number of piperidine rings is 1. The van der Waals surface area contributed by atoms with Crippen molar-refractivity contribution in [3.05, 3.63) is 41.2 Å². The molecule has 1 aromatic carbocycles. The Morgan fingerprint density at radius 2 is 1.83 bits per heavy atom. The Bertz CT molecular complexity index is 1450. The number of hydrogen-bond acceptors (Lipinski definition) is 6. The highest BCUT2D eigenvalue weighted by molar-refractivity contribution is 6.36. The second kappa shape index (κ2) is 11.1. The minimum atomic E-state index is -0.136. The van der Waals surface area contributed by atoms with Crippen LogP contribution in [0.1, 0.15) is 56.8 Å². The SMILES string of the molecule is C=CC(=O)N1CCC(n2nc(N3CCN(C4CCOCC4)CC3(C)C)c(-c3c(Cl)c(C)cc4[nH]ncc34)c2C)CC1. The predicted octanol–water partition coefficient (Wildman–Crippen LogP) is 5.13. The lowest BCUT2D eigenvalue weighted by atomic mass is 9.93. The highest BCUT2D eigenvalue weighted by atomic mass is 35.5. The van der Waals surface area contributed by atoms with Crippen molar-refractivity contribution in [3.63, 3.8) is 0 Å². The summed E-state index contributed by atoms with van der Waals surface area (Å²) < 4.78 is 7.86. The molecule has 6 rings (SSSR count). The zero-order valence-corrected chi connectivity index (χ0v) is 25.5. The third kappa shape index (κ3) is 5.06. The number of rotatable bonds is 5. The summed E-state index contributed by atoms with van der Waals surface area (Å²) in [6, 6.07) is 2.84. The second-order valence-corrected chi connectivity index (χ2v) is 12.9. The number of anilines is 1. The fraction of sp³-hybridized carbons (Fsp3) is 0.581. The van der Waals surface area contributed by atoms with Crippen molar-refractivity contribution in [2.24, 2.45) is 0 Å². The number of amides is 1. The van der Waals surface area contributed by atoms with E-state index >= 15 is 0 Å². The van der Waals surface area contributed by atoms with Gasteiger partial charge in [-0.3, -0.25) is 19.5 Å². The van der Waals surface area contributed by atoms with Crippen LogP contribution in [0.3, 0.4) is 0 Å². The van der Waals surface area contributed by atoms with E-state index in [0.29, 0.717) is 19.1 Å². The summed E-state index contributed by atoms with van der Waals surface area (Å²) in [5.74, 6) is 0.985. The van der Waals surface area contributed by atoms with Gasteiger partial charge in [-0.05, 0) is 71.1 Å². The first-order valence-corrected chi connectivity index (χ1v) is 15.3. The summed E-state index contributed by atoms with van der Waals surface area (Å²) >= 11 is 7.14. The molecule has 10 heteroatoms. The molecule has 41 heavy (non-hydrogen) atoms. The van der Waals surface area contributed by atoms with Crippen molar-refractivity contribution in [2.75, 3.05) is 50.8 Å². The number of likely N-dealkylation sites (tertiary alicyclic amines) is 1. The maximum Gasteiger partial charge on any atom is 0.245 e. The molecular weight excluding hydrogens is 538 g/mol. The lowest BCUT2D eigenvalue weighted by Gasteiger charge is -2.50. The number of piperazine rings is 1. The molecule has 0 bridgehead atoms. The number of benzene rings is 1. The molecule has 3 saturated heterocycles. The molecule has 9 nitrogen and oxygen atoms in total. The third-order valence-corrected chi connectivity index (χ3v) is 9.92. The van der Waals surface area contributed by atoms with E-state index in [4.69, 9.17) is 21.4 Å². The topological polar surface area (TPSA) is 82.5 Å². The Hall–Kier alpha value is -2.88. The number of halogens is 1. The molecule has 1 N–H and O–H groups in total. The molecule has 0 aliphatic carbocycles. The Balaban J connectivity index is 1.42. The number of nitrogens with one attached hydrogen (secondary N) is 1. The number of nitrogens with zero attached hydrogens (tertiary/aromatic N) is 6. The smallest absolute Gasteiger partial charge is 0.245 e. The Kier molecular flexibility index (Phi) is 7.63. The van der Waals surface area contributed by atoms with E-state index in [-0.39, 0.29) is 17.5 Å². The molecule has 5 heterocycles. The van der Waals surface area contributed by atoms with Crippen LogP contribution in [0.5, 0.6) is 0 Å². The van der Waals surface area contributed by atoms with Gasteiger partial charge < -0.3 is 14.5 Å². The van der Waals surface area contributed by atoms with Crippen molar-refractivity contribution < 1.29 is 9.53 Å². The molecule has 0 spiro atoms. The Morgan fingerprint density at radius 3 is 2.51 bits per heavy atom. The molecule has 3 aromatic rings. The molecule has 0 radical (unpaired) electrons. The fourth-order valence-corrected chi connectivity index (χ4v) is 7.44. The number of carbonyl (C=O) groups excluding carboxylic acids is 1. The number of aryl methyl sites for hydroxylation is 1. The number of H-pyrrole nitrogens is 1. The summed E-state index contributed by atoms with van der Waals surface area (Å²) in [6.45, 7) is 18.5. The van der Waals surface area contributed by atoms with E-state index in [1.54, 1.807) is 0 Å². The van der Waals surface area contributed by atoms with Crippen molar-refractivity contribution in [3.8, 4) is 11.1 Å². The average Bonchev–Trinajstić information content (AvgIpc) is 3.57. The number of hydrogen-bond donors (Lipinski definition) is 1. The highest BCUT2D eigenvalue weighted by Crippen LogP contribution is 2.46. The van der Waals surface area contributed by atoms with E-state index in [2.05, 4.69) is 65.0 Å². The minimum Gasteiger partial charge on any atom is -0.381 e. The maximum absolute atomic E-state index is 12.3. The van der Waals surface area contributed by atoms with Gasteiger partial charge in [0, 0.05) is 79.7 Å². The number of aromatic nitrogens is 4. The predicted molar refractivity (Wildman–Crippen MR) is 164 cm³/mol. The summed E-state index contributed by atoms with van der Waals surface area (Å²) in [5, 5.41) is 14.7. The molecular formula is C31H42ClN7O2. The van der Waals surface area contributed by atoms with Gasteiger partial charge in [0.05, 0.1) is 22.8 Å². The van der Waals surface area contributed by atoms with E-state index < -0.39 is 0 Å². The summed E-state index contributed by atoms with van der Waals surface area (Å²) in [5.41, 5.74) is 5.03. The molecule has 0 saturated carbocycles. The van der Waals surface area contributed by atoms with Crippen LogP contribution in [0, 0.1) is 13.8 Å². The highest BCUT2D eigenvalue weighted by Gasteiger charge is 2.40. The fourth-order valence-electron chi connectivity index (χ4n) is 7.19. The summed E-state index contributed by atoms with van der Waals surface area (Å²) in [7, 11) is 0. The van der Waals surface area contributed by atoms with Crippen LogP contribution in [0.2, 0.25) is 5.02 Å². The molecule has 0 unspecified atom stereocenters. The van der Waals surface area contributed by atoms with Gasteiger partial charge in [0.2, 0.25) is 5.91 Å². The van der Waals surface area contributed by atoms with Crippen LogP contribution in [0.4, 0.5) is 5.82 Å². The molecule has 3 aliphatic rings. The van der Waals surface area contributed by atoms with E-state index in [0.717, 1.165) is 103 Å². The minimum absolute atomic E-state index is 0.0000525. The first kappa shape index (κ1) is 28.2. The van der Waals surface area contributed by atoms with Crippen molar-refractivity contribution in [1.82, 2.24) is 29.8 Å². The molecule has 3 fully saturated rings. The quantitative estimate of drug-likeness (QED) is 0.422. The Morgan fingerprint density at radius 1 is 1.10 bits per heavy atom. The van der Waals surface area contributed by atoms with Gasteiger partial charge in [0.25, 0.3) is 0 Å². The van der Waals surface area contributed by atoms with Gasteiger partial charge in [-0.2, -0.15) is 10.2 Å². The van der Waals surface area contributed by atoms with Gasteiger partial charge in [-0.25, -0.2) is 0 Å². The van der Waals surface area contributed by atoms with Crippen molar-refractivity contribution in [2.45, 2.75) is 71.0 Å². The number of aromatic amines is 1. The number of ether oxygens (including phenoxy) is 1. The van der Waals surface area contributed by atoms with Crippen LogP contribution in [-0.4, -0.2) is 93.2 Å². The summed E-state index contributed by atoms with van der Waals surface area (Å²) in [4.78, 5) is 19.3. The molecule has 220 valence electrons. The monoisotopic (exact) mass is 579 g/mol. The number of fused-ring (bicyclic) bond motifs is 1. The van der Waals surface area contributed by atoms with Gasteiger partial charge in [0.1, 0.15) is 0 Å². The number of carbonyl (C=O) groups is 1. The van der Waals surface area contributed by atoms with E-state index in [1.807, 2.05) is 11.1 Å². The molecule has 0 atom stereocenters. The zero-order chi connectivity index (χ0) is 28.9. The second-order valence-electron chi connectivity index (χ2n) is 12.5. The van der Waals surface area contributed by atoms with Gasteiger partial charge >= 0.3 is 0 Å². The van der Waals surface area contributed by atoms with Crippen LogP contribution in [0.15, 0.2) is 24.9 Å². The van der Waals surface area contributed by atoms with Gasteiger partial charge in [-0.15, -0.1) is 0 Å². The Labute approximate surface area is 247 Å². The first-order valence-electron chi connectivity index (χ1n) is 14.9. The van der Waals surface area contributed by atoms with E-state index in [1.165, 1.54) is 6.08 Å². The summed E-state index contributed by atoms with van der Waals surface area (Å²) in [6.07, 6.45) is 7.19. The molecule has 1 amide bonds. The zero-order valence-electron chi connectivity index (χ0n) is 24.7. The molecule has 3 aliphatic heterocycles. The van der Waals surface area contributed by atoms with Crippen LogP contribution >= 0.6 is 11.6 Å². The van der Waals surface area contributed by atoms with Gasteiger partial charge in [-0.1, -0.05) is 18.2 Å². The lowest BCUT2D eigenvalue weighted by molar-refractivity contribution is -0.127. The van der Waals surface area contributed by atoms with Crippen molar-refractivity contribution >= 4 is 34.2 Å². The van der Waals surface area contributed by atoms with Gasteiger partial charge in [0.15, 0.2) is 5.82 Å². The average molecular weight is 580 g/mol. The van der Waals surface area contributed by atoms with Crippen molar-refractivity contribution in [1.29, 1.82) is 0 Å². The standard InChI is InChI=1S/C31H42ClN7O2/c1-6-26(40)36-11-7-23(8-12-36)39-21(3)27(28-24-18-33-34-25(24)17-20(2)29(28)32)30(35-39)38-14-13-37(19-31(38,4)5)22-9-15-41-16-10-22/h6,17-18,22-23H,1,7-16,19H2,2-5H3,(H,33,34). The normalized spacial score (nSPS) is 21.1. The van der Waals surface area contributed by atoms with E-state index in [9.17, 15) is 4.79 Å². The lowest BCUT2D eigenvalue weighted by Crippen LogP contribution is -2.62. The molecule has 2 aromatic heterocycles. The largest absolute Gasteiger partial charge is 0.381 e. The van der Waals surface area contributed by atoms with Crippen LogP contribution < -0.4 is 4.90 Å².